The van der Waals surface area contributed by atoms with Gasteiger partial charge in [0.2, 0.25) is 10.0 Å². The van der Waals surface area contributed by atoms with Gasteiger partial charge in [-0.15, -0.1) is 0 Å². The first-order valence-electron chi connectivity index (χ1n) is 5.38. The van der Waals surface area contributed by atoms with Gasteiger partial charge in [0, 0.05) is 10.5 Å². The highest BCUT2D eigenvalue weighted by molar-refractivity contribution is 9.10. The molecule has 0 saturated heterocycles. The van der Waals surface area contributed by atoms with E-state index in [2.05, 4.69) is 20.7 Å². The van der Waals surface area contributed by atoms with Gasteiger partial charge in [-0.1, -0.05) is 41.4 Å². The van der Waals surface area contributed by atoms with E-state index in [-0.39, 0.29) is 16.0 Å². The van der Waals surface area contributed by atoms with Crippen LogP contribution in [0.3, 0.4) is 0 Å². The Morgan fingerprint density at radius 3 is 2.41 bits per heavy atom. The Labute approximate surface area is 116 Å². The second-order valence-corrected chi connectivity index (χ2v) is 6.71. The Balaban J connectivity index is 3.05. The third-order valence-corrected chi connectivity index (χ3v) is 4.99. The van der Waals surface area contributed by atoms with Crippen molar-refractivity contribution in [3.8, 4) is 0 Å². The Morgan fingerprint density at radius 1 is 1.35 bits per heavy atom. The molecule has 1 N–H and O–H groups in total. The molecule has 0 fully saturated rings. The minimum absolute atomic E-state index is 0.0558. The van der Waals surface area contributed by atoms with Crippen LogP contribution in [-0.2, 0) is 10.0 Å². The van der Waals surface area contributed by atoms with Crippen molar-refractivity contribution in [2.24, 2.45) is 0 Å². The molecule has 1 aromatic rings. The largest absolute Gasteiger partial charge is 0.242 e. The summed E-state index contributed by atoms with van der Waals surface area (Å²) in [5.41, 5.74) is 0. The Bertz CT molecular complexity index is 486. The van der Waals surface area contributed by atoms with Crippen LogP contribution in [0, 0.1) is 0 Å². The first kappa shape index (κ1) is 15.0. The van der Waals surface area contributed by atoms with Crippen molar-refractivity contribution < 1.29 is 8.42 Å². The SMILES string of the molecule is CCC(CC)NS(=O)(=O)c1ccc(Br)cc1Cl. The molecule has 1 rings (SSSR count). The Kier molecular flexibility index (Phi) is 5.44. The molecule has 96 valence electrons. The fourth-order valence-corrected chi connectivity index (χ4v) is 3.87. The number of hydrogen-bond donors (Lipinski definition) is 1. The van der Waals surface area contributed by atoms with Gasteiger partial charge < -0.3 is 0 Å². The van der Waals surface area contributed by atoms with Crippen molar-refractivity contribution in [3.05, 3.63) is 27.7 Å². The quantitative estimate of drug-likeness (QED) is 0.890. The molecule has 0 aliphatic rings. The predicted molar refractivity (Wildman–Crippen MR) is 73.8 cm³/mol. The van der Waals surface area contributed by atoms with Crippen LogP contribution in [0.1, 0.15) is 26.7 Å². The third-order valence-electron chi connectivity index (χ3n) is 2.49. The second-order valence-electron chi connectivity index (χ2n) is 3.71. The molecule has 0 radical (unpaired) electrons. The first-order valence-corrected chi connectivity index (χ1v) is 8.03. The molecule has 0 aromatic heterocycles. The van der Waals surface area contributed by atoms with Gasteiger partial charge in [-0.3, -0.25) is 0 Å². The van der Waals surface area contributed by atoms with Gasteiger partial charge in [-0.05, 0) is 31.0 Å². The fraction of sp³-hybridized carbons (Fsp3) is 0.455. The van der Waals surface area contributed by atoms with Crippen LogP contribution in [0.2, 0.25) is 5.02 Å². The van der Waals surface area contributed by atoms with Crippen molar-refractivity contribution >= 4 is 37.6 Å². The number of halogens is 2. The zero-order valence-corrected chi connectivity index (χ0v) is 12.9. The van der Waals surface area contributed by atoms with Gasteiger partial charge in [0.15, 0.2) is 0 Å². The summed E-state index contributed by atoms with van der Waals surface area (Å²) in [6, 6.07) is 4.67. The summed E-state index contributed by atoms with van der Waals surface area (Å²) in [7, 11) is -3.53. The van der Waals surface area contributed by atoms with E-state index in [1.165, 1.54) is 6.07 Å². The minimum atomic E-state index is -3.53. The lowest BCUT2D eigenvalue weighted by atomic mass is 10.2. The lowest BCUT2D eigenvalue weighted by Gasteiger charge is -2.15. The number of benzene rings is 1. The van der Waals surface area contributed by atoms with Crippen LogP contribution in [0.5, 0.6) is 0 Å². The van der Waals surface area contributed by atoms with Crippen LogP contribution >= 0.6 is 27.5 Å². The normalized spacial score (nSPS) is 12.1. The molecule has 0 atom stereocenters. The van der Waals surface area contributed by atoms with Gasteiger partial charge in [0.05, 0.1) is 5.02 Å². The first-order chi connectivity index (χ1) is 7.90. The molecule has 0 unspecified atom stereocenters. The smallest absolute Gasteiger partial charge is 0.208 e. The molecule has 0 aliphatic carbocycles. The van der Waals surface area contributed by atoms with E-state index in [1.807, 2.05) is 13.8 Å². The zero-order valence-electron chi connectivity index (χ0n) is 9.70. The van der Waals surface area contributed by atoms with Crippen molar-refractivity contribution in [1.82, 2.24) is 4.72 Å². The molecule has 0 saturated carbocycles. The molecule has 0 heterocycles. The van der Waals surface area contributed by atoms with E-state index in [0.717, 1.165) is 17.3 Å². The lowest BCUT2D eigenvalue weighted by Crippen LogP contribution is -2.33. The van der Waals surface area contributed by atoms with Crippen LogP contribution in [-0.4, -0.2) is 14.5 Å². The van der Waals surface area contributed by atoms with E-state index in [0.29, 0.717) is 0 Å². The molecular formula is C11H15BrClNO2S. The van der Waals surface area contributed by atoms with E-state index in [4.69, 9.17) is 11.6 Å². The van der Waals surface area contributed by atoms with Gasteiger partial charge in [0.25, 0.3) is 0 Å². The summed E-state index contributed by atoms with van der Waals surface area (Å²) < 4.78 is 27.6. The van der Waals surface area contributed by atoms with Crippen LogP contribution in [0.25, 0.3) is 0 Å². The summed E-state index contributed by atoms with van der Waals surface area (Å²) in [5.74, 6) is 0. The fourth-order valence-electron chi connectivity index (χ4n) is 1.43. The highest BCUT2D eigenvalue weighted by Crippen LogP contribution is 2.25. The summed E-state index contributed by atoms with van der Waals surface area (Å²) in [4.78, 5) is 0.120. The number of hydrogen-bond acceptors (Lipinski definition) is 2. The van der Waals surface area contributed by atoms with Crippen molar-refractivity contribution in [2.45, 2.75) is 37.6 Å². The van der Waals surface area contributed by atoms with Gasteiger partial charge in [-0.25, -0.2) is 13.1 Å². The van der Waals surface area contributed by atoms with Gasteiger partial charge in [-0.2, -0.15) is 0 Å². The maximum atomic E-state index is 12.1. The van der Waals surface area contributed by atoms with Crippen molar-refractivity contribution in [3.63, 3.8) is 0 Å². The summed E-state index contributed by atoms with van der Waals surface area (Å²) in [6.07, 6.45) is 1.51. The maximum Gasteiger partial charge on any atom is 0.242 e. The van der Waals surface area contributed by atoms with E-state index < -0.39 is 10.0 Å². The predicted octanol–water partition coefficient (Wildman–Crippen LogP) is 3.57. The Morgan fingerprint density at radius 2 is 1.94 bits per heavy atom. The van der Waals surface area contributed by atoms with E-state index >= 15 is 0 Å². The maximum absolute atomic E-state index is 12.1. The molecule has 6 heteroatoms. The number of rotatable bonds is 5. The van der Waals surface area contributed by atoms with E-state index in [1.54, 1.807) is 12.1 Å². The van der Waals surface area contributed by atoms with Crippen LogP contribution < -0.4 is 4.72 Å². The molecule has 0 bridgehead atoms. The standard InChI is InChI=1S/C11H15BrClNO2S/c1-3-9(4-2)14-17(15,16)11-6-5-8(12)7-10(11)13/h5-7,9,14H,3-4H2,1-2H3. The molecule has 0 spiro atoms. The summed E-state index contributed by atoms with van der Waals surface area (Å²) >= 11 is 9.18. The monoisotopic (exact) mass is 339 g/mol. The Hall–Kier alpha value is -0.100. The molecular weight excluding hydrogens is 326 g/mol. The average molecular weight is 341 g/mol. The van der Waals surface area contributed by atoms with Crippen molar-refractivity contribution in [1.29, 1.82) is 0 Å². The van der Waals surface area contributed by atoms with Crippen molar-refractivity contribution in [2.75, 3.05) is 0 Å². The average Bonchev–Trinajstić information content (AvgIpc) is 2.25. The topological polar surface area (TPSA) is 46.2 Å². The summed E-state index contributed by atoms with van der Waals surface area (Å²) in [6.45, 7) is 3.89. The number of sulfonamides is 1. The molecule has 17 heavy (non-hydrogen) atoms. The highest BCUT2D eigenvalue weighted by Gasteiger charge is 2.20. The van der Waals surface area contributed by atoms with Gasteiger partial charge in [0.1, 0.15) is 4.90 Å². The van der Waals surface area contributed by atoms with Gasteiger partial charge >= 0.3 is 0 Å². The summed E-state index contributed by atoms with van der Waals surface area (Å²) in [5, 5.41) is 0.220. The lowest BCUT2D eigenvalue weighted by molar-refractivity contribution is 0.530. The molecule has 0 amide bonds. The molecule has 1 aromatic carbocycles. The number of nitrogens with one attached hydrogen (secondary N) is 1. The highest BCUT2D eigenvalue weighted by atomic mass is 79.9. The second kappa shape index (κ2) is 6.18. The van der Waals surface area contributed by atoms with Crippen LogP contribution in [0.15, 0.2) is 27.6 Å². The molecule has 0 aliphatic heterocycles. The zero-order chi connectivity index (χ0) is 13.1. The third kappa shape index (κ3) is 3.95. The van der Waals surface area contributed by atoms with Crippen LogP contribution in [0.4, 0.5) is 0 Å². The molecule has 3 nitrogen and oxygen atoms in total. The minimum Gasteiger partial charge on any atom is -0.208 e. The van der Waals surface area contributed by atoms with E-state index in [9.17, 15) is 8.42 Å².